The molecule has 0 bridgehead atoms. The molecule has 25 heavy (non-hydrogen) atoms. The van der Waals surface area contributed by atoms with E-state index in [9.17, 15) is 15.0 Å². The van der Waals surface area contributed by atoms with Gasteiger partial charge in [-0.2, -0.15) is 0 Å². The summed E-state index contributed by atoms with van der Waals surface area (Å²) in [5, 5.41) is 29.3. The van der Waals surface area contributed by atoms with Gasteiger partial charge in [-0.25, -0.2) is 0 Å². The molecule has 1 fully saturated rings. The minimum absolute atomic E-state index is 0.168. The van der Waals surface area contributed by atoms with Crippen molar-refractivity contribution in [1.82, 2.24) is 0 Å². The maximum absolute atomic E-state index is 10.5. The number of allylic oxidation sites excluding steroid dienone is 3. The van der Waals surface area contributed by atoms with Crippen molar-refractivity contribution in [3.63, 3.8) is 0 Å². The molecule has 1 rings (SSSR count). The van der Waals surface area contributed by atoms with Crippen molar-refractivity contribution in [2.24, 2.45) is 11.8 Å². The minimum atomic E-state index is -0.771. The second-order valence-corrected chi connectivity index (χ2v) is 7.63. The Labute approximate surface area is 152 Å². The fraction of sp³-hybridized carbons (Fsp3) is 0.762. The van der Waals surface area contributed by atoms with Crippen molar-refractivity contribution in [3.8, 4) is 0 Å². The molecule has 4 nitrogen and oxygen atoms in total. The van der Waals surface area contributed by atoms with Crippen LogP contribution >= 0.6 is 0 Å². The Hall–Kier alpha value is -1.13. The van der Waals surface area contributed by atoms with Crippen LogP contribution in [0.2, 0.25) is 0 Å². The number of hydrogen-bond donors (Lipinski definition) is 3. The van der Waals surface area contributed by atoms with E-state index in [1.54, 1.807) is 0 Å². The zero-order valence-electron chi connectivity index (χ0n) is 15.9. The maximum Gasteiger partial charge on any atom is 0.303 e. The second kappa shape index (κ2) is 11.5. The molecule has 4 heteroatoms. The van der Waals surface area contributed by atoms with Gasteiger partial charge in [-0.3, -0.25) is 4.79 Å². The predicted molar refractivity (Wildman–Crippen MR) is 101 cm³/mol. The number of carbonyl (C=O) groups is 1. The van der Waals surface area contributed by atoms with E-state index >= 15 is 0 Å². The van der Waals surface area contributed by atoms with Gasteiger partial charge < -0.3 is 15.3 Å². The molecule has 0 aromatic carbocycles. The Balaban J connectivity index is 2.44. The van der Waals surface area contributed by atoms with Crippen LogP contribution in [0.25, 0.3) is 0 Å². The van der Waals surface area contributed by atoms with Crippen LogP contribution in [0, 0.1) is 11.8 Å². The van der Waals surface area contributed by atoms with Crippen molar-refractivity contribution in [3.05, 3.63) is 24.3 Å². The summed E-state index contributed by atoms with van der Waals surface area (Å²) in [6.07, 6.45) is 16.1. The first-order valence-electron chi connectivity index (χ1n) is 9.82. The number of rotatable bonds is 12. The largest absolute Gasteiger partial charge is 0.481 e. The molecule has 3 unspecified atom stereocenters. The van der Waals surface area contributed by atoms with E-state index in [2.05, 4.69) is 13.0 Å². The summed E-state index contributed by atoms with van der Waals surface area (Å²) in [6, 6.07) is 0. The van der Waals surface area contributed by atoms with E-state index in [0.29, 0.717) is 12.3 Å². The number of carboxylic acids is 1. The number of hydrogen-bond acceptors (Lipinski definition) is 3. The normalized spacial score (nSPS) is 26.5. The lowest BCUT2D eigenvalue weighted by molar-refractivity contribution is -0.136. The fourth-order valence-corrected chi connectivity index (χ4v) is 3.60. The van der Waals surface area contributed by atoms with Gasteiger partial charge in [0.25, 0.3) is 0 Å². The van der Waals surface area contributed by atoms with Gasteiger partial charge in [0.1, 0.15) is 0 Å². The van der Waals surface area contributed by atoms with Gasteiger partial charge in [0.15, 0.2) is 0 Å². The first kappa shape index (κ1) is 21.9. The highest BCUT2D eigenvalue weighted by Gasteiger charge is 2.33. The molecule has 1 aliphatic carbocycles. The van der Waals surface area contributed by atoms with Crippen LogP contribution in [-0.2, 0) is 4.79 Å². The summed E-state index contributed by atoms with van der Waals surface area (Å²) in [5.74, 6) is -0.223. The van der Waals surface area contributed by atoms with Crippen molar-refractivity contribution < 1.29 is 20.1 Å². The molecular formula is C21H36O4. The standard InChI is InChI=1S/C21H36O4/c1-3-4-9-15-21(2,25)16-14-17-12-13-19(22)18(17)10-7-5-6-8-11-20(23)24/h5-6,14,16-19,22,25H,3-4,7-13,15H2,1-2H3,(H,23,24)/b6-5-,16-14+/t17?,18?,19-,21?/m0/s1. The van der Waals surface area contributed by atoms with Gasteiger partial charge >= 0.3 is 5.97 Å². The van der Waals surface area contributed by atoms with Crippen LogP contribution in [0.3, 0.4) is 0 Å². The summed E-state index contributed by atoms with van der Waals surface area (Å²) in [4.78, 5) is 10.5. The van der Waals surface area contributed by atoms with E-state index in [0.717, 1.165) is 51.4 Å². The number of aliphatic hydroxyl groups excluding tert-OH is 1. The smallest absolute Gasteiger partial charge is 0.303 e. The third-order valence-electron chi connectivity index (χ3n) is 5.19. The molecule has 144 valence electrons. The van der Waals surface area contributed by atoms with E-state index < -0.39 is 11.6 Å². The molecular weight excluding hydrogens is 316 g/mol. The summed E-state index contributed by atoms with van der Waals surface area (Å²) in [7, 11) is 0. The minimum Gasteiger partial charge on any atom is -0.481 e. The highest BCUT2D eigenvalue weighted by molar-refractivity contribution is 5.66. The van der Waals surface area contributed by atoms with Crippen LogP contribution in [0.1, 0.15) is 78.1 Å². The van der Waals surface area contributed by atoms with E-state index in [4.69, 9.17) is 5.11 Å². The molecule has 0 aliphatic heterocycles. The summed E-state index contributed by atoms with van der Waals surface area (Å²) >= 11 is 0. The molecule has 0 amide bonds. The third-order valence-corrected chi connectivity index (χ3v) is 5.19. The Bertz CT molecular complexity index is 439. The van der Waals surface area contributed by atoms with Crippen LogP contribution < -0.4 is 0 Å². The number of aliphatic carboxylic acids is 1. The average molecular weight is 353 g/mol. The topological polar surface area (TPSA) is 77.8 Å². The molecule has 0 heterocycles. The molecule has 4 atom stereocenters. The predicted octanol–water partition coefficient (Wildman–Crippen LogP) is 4.46. The lowest BCUT2D eigenvalue weighted by Crippen LogP contribution is -2.22. The third kappa shape index (κ3) is 9.22. The highest BCUT2D eigenvalue weighted by Crippen LogP contribution is 2.37. The Kier molecular flexibility index (Phi) is 10.1. The van der Waals surface area contributed by atoms with E-state index in [1.165, 1.54) is 0 Å². The monoisotopic (exact) mass is 352 g/mol. The van der Waals surface area contributed by atoms with Crippen LogP contribution in [0.15, 0.2) is 24.3 Å². The maximum atomic E-state index is 10.5. The fourth-order valence-electron chi connectivity index (χ4n) is 3.60. The second-order valence-electron chi connectivity index (χ2n) is 7.63. The SMILES string of the molecule is CCCCCC(C)(O)/C=C/C1CC[C@H](O)C1CC/C=C\CCC(=O)O. The summed E-state index contributed by atoms with van der Waals surface area (Å²) in [5.41, 5.74) is -0.760. The zero-order chi connectivity index (χ0) is 18.7. The van der Waals surface area contributed by atoms with Gasteiger partial charge in [-0.05, 0) is 57.3 Å². The zero-order valence-corrected chi connectivity index (χ0v) is 15.9. The molecule has 1 aliphatic rings. The van der Waals surface area contributed by atoms with Gasteiger partial charge in [0.05, 0.1) is 11.7 Å². The van der Waals surface area contributed by atoms with Crippen molar-refractivity contribution in [2.75, 3.05) is 0 Å². The molecule has 3 N–H and O–H groups in total. The lowest BCUT2D eigenvalue weighted by Gasteiger charge is -2.22. The number of unbranched alkanes of at least 4 members (excludes halogenated alkanes) is 2. The molecule has 0 aromatic heterocycles. The van der Waals surface area contributed by atoms with Crippen LogP contribution in [0.4, 0.5) is 0 Å². The number of carboxylic acid groups (broad SMARTS) is 1. The van der Waals surface area contributed by atoms with Crippen molar-refractivity contribution in [2.45, 2.75) is 89.8 Å². The summed E-state index contributed by atoms with van der Waals surface area (Å²) < 4.78 is 0. The molecule has 1 saturated carbocycles. The quantitative estimate of drug-likeness (QED) is 0.358. The number of aliphatic hydroxyl groups is 2. The Morgan fingerprint density at radius 1 is 1.20 bits per heavy atom. The first-order chi connectivity index (χ1) is 11.9. The molecule has 0 radical (unpaired) electrons. The molecule has 0 spiro atoms. The van der Waals surface area contributed by atoms with Gasteiger partial charge in [0.2, 0.25) is 0 Å². The molecule has 0 aromatic rings. The van der Waals surface area contributed by atoms with E-state index in [1.807, 2.05) is 25.2 Å². The van der Waals surface area contributed by atoms with Gasteiger partial charge in [-0.1, -0.05) is 50.5 Å². The van der Waals surface area contributed by atoms with Gasteiger partial charge in [0, 0.05) is 6.42 Å². The average Bonchev–Trinajstić information content (AvgIpc) is 2.89. The van der Waals surface area contributed by atoms with Crippen LogP contribution in [-0.4, -0.2) is 33.0 Å². The highest BCUT2D eigenvalue weighted by atomic mass is 16.4. The molecule has 0 saturated heterocycles. The first-order valence-corrected chi connectivity index (χ1v) is 9.82. The lowest BCUT2D eigenvalue weighted by atomic mass is 9.88. The van der Waals surface area contributed by atoms with E-state index in [-0.39, 0.29) is 18.4 Å². The Morgan fingerprint density at radius 3 is 2.60 bits per heavy atom. The van der Waals surface area contributed by atoms with Crippen LogP contribution in [0.5, 0.6) is 0 Å². The van der Waals surface area contributed by atoms with Gasteiger partial charge in [-0.15, -0.1) is 0 Å². The van der Waals surface area contributed by atoms with Crippen molar-refractivity contribution in [1.29, 1.82) is 0 Å². The summed E-state index contributed by atoms with van der Waals surface area (Å²) in [6.45, 7) is 4.02. The Morgan fingerprint density at radius 2 is 1.92 bits per heavy atom. The van der Waals surface area contributed by atoms with Crippen molar-refractivity contribution >= 4 is 5.97 Å².